The molecule has 0 bridgehead atoms. The van der Waals surface area contributed by atoms with Crippen LogP contribution >= 0.6 is 0 Å². The highest BCUT2D eigenvalue weighted by Gasteiger charge is 2.31. The largest absolute Gasteiger partial charge is 0.465 e. The van der Waals surface area contributed by atoms with Gasteiger partial charge in [0.05, 0.1) is 12.7 Å². The van der Waals surface area contributed by atoms with Gasteiger partial charge in [0.2, 0.25) is 0 Å². The molecule has 18 heavy (non-hydrogen) atoms. The zero-order valence-corrected chi connectivity index (χ0v) is 10.7. The van der Waals surface area contributed by atoms with Crippen molar-refractivity contribution in [2.75, 3.05) is 13.7 Å². The highest BCUT2D eigenvalue weighted by atomic mass is 16.5. The molecule has 0 unspecified atom stereocenters. The minimum Gasteiger partial charge on any atom is -0.465 e. The molecule has 1 saturated heterocycles. The second-order valence-corrected chi connectivity index (χ2v) is 5.25. The first-order chi connectivity index (χ1) is 8.79. The molecule has 1 aromatic carbocycles. The maximum atomic E-state index is 11.5. The van der Waals surface area contributed by atoms with E-state index in [1.54, 1.807) is 0 Å². The highest BCUT2D eigenvalue weighted by Crippen LogP contribution is 2.37. The molecule has 1 aliphatic carbocycles. The number of piperidine rings is 1. The van der Waals surface area contributed by atoms with Crippen molar-refractivity contribution < 1.29 is 9.53 Å². The monoisotopic (exact) mass is 245 g/mol. The van der Waals surface area contributed by atoms with E-state index in [0.29, 0.717) is 17.5 Å². The minimum absolute atomic E-state index is 0.235. The SMILES string of the molecule is COC(=O)c1ccc2c(c1)CC[C@H]1NCCC[C@@H]21. The normalized spacial score (nSPS) is 26.1. The van der Waals surface area contributed by atoms with Gasteiger partial charge in [-0.15, -0.1) is 0 Å². The van der Waals surface area contributed by atoms with Gasteiger partial charge in [-0.25, -0.2) is 4.79 Å². The third-order valence-electron chi connectivity index (χ3n) is 4.27. The number of carbonyl (C=O) groups is 1. The second-order valence-electron chi connectivity index (χ2n) is 5.25. The van der Waals surface area contributed by atoms with Crippen molar-refractivity contribution in [3.63, 3.8) is 0 Å². The van der Waals surface area contributed by atoms with Gasteiger partial charge in [0.1, 0.15) is 0 Å². The topological polar surface area (TPSA) is 38.3 Å². The number of nitrogens with one attached hydrogen (secondary N) is 1. The van der Waals surface area contributed by atoms with E-state index in [4.69, 9.17) is 4.74 Å². The molecular weight excluding hydrogens is 226 g/mol. The number of methoxy groups -OCH3 is 1. The van der Waals surface area contributed by atoms with Crippen LogP contribution in [-0.2, 0) is 11.2 Å². The summed E-state index contributed by atoms with van der Waals surface area (Å²) in [5.41, 5.74) is 3.45. The van der Waals surface area contributed by atoms with Crippen molar-refractivity contribution in [1.29, 1.82) is 0 Å². The smallest absolute Gasteiger partial charge is 0.337 e. The van der Waals surface area contributed by atoms with E-state index < -0.39 is 0 Å². The lowest BCUT2D eigenvalue weighted by molar-refractivity contribution is 0.0600. The Bertz CT molecular complexity index is 470. The summed E-state index contributed by atoms with van der Waals surface area (Å²) in [7, 11) is 1.43. The van der Waals surface area contributed by atoms with Gasteiger partial charge < -0.3 is 10.1 Å². The molecule has 3 rings (SSSR count). The number of hydrogen-bond donors (Lipinski definition) is 1. The zero-order valence-electron chi connectivity index (χ0n) is 10.7. The molecule has 0 radical (unpaired) electrons. The molecular formula is C15H19NO2. The number of fused-ring (bicyclic) bond motifs is 3. The first kappa shape index (κ1) is 11.7. The van der Waals surface area contributed by atoms with Crippen molar-refractivity contribution in [3.05, 3.63) is 34.9 Å². The number of aryl methyl sites for hydroxylation is 1. The highest BCUT2D eigenvalue weighted by molar-refractivity contribution is 5.89. The summed E-state index contributed by atoms with van der Waals surface area (Å²) < 4.78 is 4.78. The predicted octanol–water partition coefficient (Wildman–Crippen LogP) is 2.25. The predicted molar refractivity (Wildman–Crippen MR) is 69.9 cm³/mol. The fourth-order valence-corrected chi connectivity index (χ4v) is 3.37. The number of hydrogen-bond acceptors (Lipinski definition) is 3. The van der Waals surface area contributed by atoms with Gasteiger partial charge in [0.15, 0.2) is 0 Å². The van der Waals surface area contributed by atoms with Crippen LogP contribution in [0.1, 0.15) is 46.7 Å². The van der Waals surface area contributed by atoms with Crippen LogP contribution in [0.15, 0.2) is 18.2 Å². The molecule has 0 spiro atoms. The maximum absolute atomic E-state index is 11.5. The van der Waals surface area contributed by atoms with Crippen molar-refractivity contribution in [1.82, 2.24) is 5.32 Å². The van der Waals surface area contributed by atoms with E-state index in [-0.39, 0.29) is 5.97 Å². The minimum atomic E-state index is -0.235. The number of rotatable bonds is 1. The molecule has 3 heteroatoms. The molecule has 96 valence electrons. The van der Waals surface area contributed by atoms with E-state index in [1.165, 1.54) is 37.5 Å². The summed E-state index contributed by atoms with van der Waals surface area (Å²) in [6, 6.07) is 6.69. The average molecular weight is 245 g/mol. The molecule has 1 N–H and O–H groups in total. The third kappa shape index (κ3) is 1.93. The van der Waals surface area contributed by atoms with Crippen molar-refractivity contribution in [2.45, 2.75) is 37.6 Å². The van der Waals surface area contributed by atoms with Gasteiger partial charge in [-0.1, -0.05) is 6.07 Å². The Hall–Kier alpha value is -1.35. The molecule has 1 heterocycles. The number of carbonyl (C=O) groups excluding carboxylic acids is 1. The van der Waals surface area contributed by atoms with Gasteiger partial charge in [-0.2, -0.15) is 0 Å². The molecule has 0 amide bonds. The van der Waals surface area contributed by atoms with Gasteiger partial charge in [0, 0.05) is 6.04 Å². The summed E-state index contributed by atoms with van der Waals surface area (Å²) in [5.74, 6) is 0.399. The van der Waals surface area contributed by atoms with Gasteiger partial charge in [0.25, 0.3) is 0 Å². The standard InChI is InChI=1S/C15H19NO2/c1-18-15(17)11-4-6-12-10(9-11)5-7-14-13(12)3-2-8-16-14/h4,6,9,13-14,16H,2-3,5,7-8H2,1H3/t13-,14+/m0/s1. The van der Waals surface area contributed by atoms with Crippen LogP contribution in [0.2, 0.25) is 0 Å². The van der Waals surface area contributed by atoms with Crippen LogP contribution in [0.5, 0.6) is 0 Å². The molecule has 0 aromatic heterocycles. The zero-order chi connectivity index (χ0) is 12.5. The van der Waals surface area contributed by atoms with Crippen LogP contribution < -0.4 is 5.32 Å². The van der Waals surface area contributed by atoms with Crippen LogP contribution in [-0.4, -0.2) is 25.7 Å². The molecule has 3 nitrogen and oxygen atoms in total. The molecule has 1 fully saturated rings. The Morgan fingerprint density at radius 1 is 1.39 bits per heavy atom. The molecule has 2 atom stereocenters. The average Bonchev–Trinajstić information content (AvgIpc) is 2.45. The van der Waals surface area contributed by atoms with E-state index in [2.05, 4.69) is 11.4 Å². The lowest BCUT2D eigenvalue weighted by Crippen LogP contribution is -2.42. The van der Waals surface area contributed by atoms with E-state index in [1.807, 2.05) is 12.1 Å². The molecule has 0 saturated carbocycles. The van der Waals surface area contributed by atoms with Crippen molar-refractivity contribution in [3.8, 4) is 0 Å². The van der Waals surface area contributed by atoms with Crippen molar-refractivity contribution in [2.24, 2.45) is 0 Å². The second kappa shape index (κ2) is 4.73. The van der Waals surface area contributed by atoms with Crippen LogP contribution in [0.25, 0.3) is 0 Å². The third-order valence-corrected chi connectivity index (χ3v) is 4.27. The lowest BCUT2D eigenvalue weighted by Gasteiger charge is -2.38. The molecule has 2 aliphatic rings. The van der Waals surface area contributed by atoms with Gasteiger partial charge in [-0.3, -0.25) is 0 Å². The van der Waals surface area contributed by atoms with Crippen LogP contribution in [0.3, 0.4) is 0 Å². The van der Waals surface area contributed by atoms with Gasteiger partial charge in [-0.05, 0) is 61.4 Å². The van der Waals surface area contributed by atoms with Crippen LogP contribution in [0.4, 0.5) is 0 Å². The number of ether oxygens (including phenoxy) is 1. The molecule has 1 aliphatic heterocycles. The first-order valence-electron chi connectivity index (χ1n) is 6.74. The molecule has 1 aromatic rings. The van der Waals surface area contributed by atoms with Crippen LogP contribution in [0, 0.1) is 0 Å². The van der Waals surface area contributed by atoms with Crippen molar-refractivity contribution >= 4 is 5.97 Å². The lowest BCUT2D eigenvalue weighted by atomic mass is 9.75. The Labute approximate surface area is 108 Å². The summed E-state index contributed by atoms with van der Waals surface area (Å²) in [6.07, 6.45) is 4.76. The van der Waals surface area contributed by atoms with E-state index >= 15 is 0 Å². The fourth-order valence-electron chi connectivity index (χ4n) is 3.37. The van der Waals surface area contributed by atoms with Gasteiger partial charge >= 0.3 is 5.97 Å². The Balaban J connectivity index is 1.93. The van der Waals surface area contributed by atoms with E-state index in [0.717, 1.165) is 13.0 Å². The summed E-state index contributed by atoms with van der Waals surface area (Å²) in [6.45, 7) is 1.15. The Kier molecular flexibility index (Phi) is 3.08. The fraction of sp³-hybridized carbons (Fsp3) is 0.533. The Morgan fingerprint density at radius 3 is 3.11 bits per heavy atom. The maximum Gasteiger partial charge on any atom is 0.337 e. The summed E-state index contributed by atoms with van der Waals surface area (Å²) in [5, 5.41) is 3.62. The summed E-state index contributed by atoms with van der Waals surface area (Å²) in [4.78, 5) is 11.5. The number of benzene rings is 1. The Morgan fingerprint density at radius 2 is 2.28 bits per heavy atom. The summed E-state index contributed by atoms with van der Waals surface area (Å²) >= 11 is 0. The first-order valence-corrected chi connectivity index (χ1v) is 6.74. The number of esters is 1. The quantitative estimate of drug-likeness (QED) is 0.771. The van der Waals surface area contributed by atoms with E-state index in [9.17, 15) is 4.79 Å².